The van der Waals surface area contributed by atoms with E-state index in [1.165, 1.54) is 18.4 Å². The van der Waals surface area contributed by atoms with Crippen molar-refractivity contribution < 1.29 is 18.7 Å². The van der Waals surface area contributed by atoms with Gasteiger partial charge >= 0.3 is 0 Å². The first-order valence-electron chi connectivity index (χ1n) is 7.05. The molecule has 0 atom stereocenters. The smallest absolute Gasteiger partial charge is 0.276 e. The van der Waals surface area contributed by atoms with Crippen LogP contribution in [0, 0.1) is 13.8 Å². The number of ether oxygens (including phenoxy) is 1. The van der Waals surface area contributed by atoms with Crippen molar-refractivity contribution in [3.63, 3.8) is 0 Å². The zero-order chi connectivity index (χ0) is 16.7. The first-order valence-corrected chi connectivity index (χ1v) is 7.05. The summed E-state index contributed by atoms with van der Waals surface area (Å²) >= 11 is 0. The Morgan fingerprint density at radius 3 is 2.52 bits per heavy atom. The van der Waals surface area contributed by atoms with Crippen molar-refractivity contribution in [2.45, 2.75) is 13.8 Å². The van der Waals surface area contributed by atoms with Crippen LogP contribution in [0.25, 0.3) is 6.08 Å². The summed E-state index contributed by atoms with van der Waals surface area (Å²) in [5.41, 5.74) is 6.43. The van der Waals surface area contributed by atoms with E-state index in [0.29, 0.717) is 11.5 Å². The van der Waals surface area contributed by atoms with Crippen LogP contribution in [0.1, 0.15) is 16.9 Å². The second-order valence-electron chi connectivity index (χ2n) is 4.90. The van der Waals surface area contributed by atoms with Gasteiger partial charge in [0.2, 0.25) is 0 Å². The van der Waals surface area contributed by atoms with Crippen LogP contribution >= 0.6 is 0 Å². The van der Waals surface area contributed by atoms with E-state index in [9.17, 15) is 9.59 Å². The molecule has 0 spiro atoms. The molecule has 0 saturated carbocycles. The predicted molar refractivity (Wildman–Crippen MR) is 85.4 cm³/mol. The molecule has 1 aromatic carbocycles. The summed E-state index contributed by atoms with van der Waals surface area (Å²) in [5, 5.41) is 0. The maximum absolute atomic E-state index is 11.7. The number of hydrogen-bond acceptors (Lipinski definition) is 4. The van der Waals surface area contributed by atoms with Crippen molar-refractivity contribution >= 4 is 17.9 Å². The molecule has 23 heavy (non-hydrogen) atoms. The van der Waals surface area contributed by atoms with E-state index in [1.54, 1.807) is 12.1 Å². The molecule has 0 bridgehead atoms. The molecule has 2 amide bonds. The Morgan fingerprint density at radius 2 is 1.87 bits per heavy atom. The maximum atomic E-state index is 11.7. The van der Waals surface area contributed by atoms with Gasteiger partial charge in [-0.15, -0.1) is 0 Å². The Balaban J connectivity index is 1.76. The van der Waals surface area contributed by atoms with Crippen LogP contribution in [0.4, 0.5) is 0 Å². The van der Waals surface area contributed by atoms with Gasteiger partial charge in [0.05, 0.1) is 6.26 Å². The molecule has 1 aromatic heterocycles. The lowest BCUT2D eigenvalue weighted by molar-refractivity contribution is -0.128. The van der Waals surface area contributed by atoms with Gasteiger partial charge in [0.1, 0.15) is 11.5 Å². The summed E-state index contributed by atoms with van der Waals surface area (Å²) in [6.07, 6.45) is 4.25. The Morgan fingerprint density at radius 1 is 1.13 bits per heavy atom. The Kier molecular flexibility index (Phi) is 5.57. The van der Waals surface area contributed by atoms with Gasteiger partial charge in [-0.05, 0) is 43.2 Å². The monoisotopic (exact) mass is 314 g/mol. The third-order valence-corrected chi connectivity index (χ3v) is 3.02. The molecule has 0 fully saturated rings. The van der Waals surface area contributed by atoms with Gasteiger partial charge in [-0.1, -0.05) is 18.2 Å². The van der Waals surface area contributed by atoms with Crippen LogP contribution in [-0.4, -0.2) is 18.4 Å². The van der Waals surface area contributed by atoms with Crippen molar-refractivity contribution in [1.29, 1.82) is 0 Å². The predicted octanol–water partition coefficient (Wildman–Crippen LogP) is 2.14. The number of benzene rings is 1. The van der Waals surface area contributed by atoms with E-state index in [-0.39, 0.29) is 6.61 Å². The van der Waals surface area contributed by atoms with Gasteiger partial charge in [0, 0.05) is 6.08 Å². The topological polar surface area (TPSA) is 80.6 Å². The van der Waals surface area contributed by atoms with Crippen LogP contribution in [0.3, 0.4) is 0 Å². The van der Waals surface area contributed by atoms with E-state index in [0.717, 1.165) is 11.1 Å². The van der Waals surface area contributed by atoms with Crippen molar-refractivity contribution in [3.8, 4) is 5.75 Å². The highest BCUT2D eigenvalue weighted by atomic mass is 16.5. The number of aryl methyl sites for hydroxylation is 2. The SMILES string of the molecule is Cc1cccc(C)c1OCC(=O)NNC(=O)/C=C/c1ccco1. The Labute approximate surface area is 134 Å². The summed E-state index contributed by atoms with van der Waals surface area (Å²) in [6.45, 7) is 3.62. The molecular formula is C17H18N2O4. The van der Waals surface area contributed by atoms with Gasteiger partial charge in [0.25, 0.3) is 11.8 Å². The van der Waals surface area contributed by atoms with E-state index in [2.05, 4.69) is 10.9 Å². The first kappa shape index (κ1) is 16.4. The van der Waals surface area contributed by atoms with E-state index in [4.69, 9.17) is 9.15 Å². The minimum atomic E-state index is -0.471. The van der Waals surface area contributed by atoms with E-state index >= 15 is 0 Å². The molecular weight excluding hydrogens is 296 g/mol. The van der Waals surface area contributed by atoms with Gasteiger partial charge in [-0.2, -0.15) is 0 Å². The molecule has 0 radical (unpaired) electrons. The number of carbonyl (C=O) groups excluding carboxylic acids is 2. The molecule has 0 aliphatic carbocycles. The Hall–Kier alpha value is -3.02. The molecule has 6 heteroatoms. The third-order valence-electron chi connectivity index (χ3n) is 3.02. The lowest BCUT2D eigenvalue weighted by atomic mass is 10.1. The fourth-order valence-electron chi connectivity index (χ4n) is 1.92. The molecule has 0 saturated heterocycles. The third kappa shape index (κ3) is 5.03. The molecule has 0 aliphatic rings. The number of hydrazine groups is 1. The molecule has 0 aliphatic heterocycles. The maximum Gasteiger partial charge on any atom is 0.276 e. The highest BCUT2D eigenvalue weighted by molar-refractivity contribution is 5.92. The van der Waals surface area contributed by atoms with Crippen molar-refractivity contribution in [2.24, 2.45) is 0 Å². The average molecular weight is 314 g/mol. The largest absolute Gasteiger partial charge is 0.483 e. The molecule has 2 rings (SSSR count). The first-order chi connectivity index (χ1) is 11.1. The van der Waals surface area contributed by atoms with Gasteiger partial charge in [0.15, 0.2) is 6.61 Å². The summed E-state index contributed by atoms with van der Waals surface area (Å²) in [6, 6.07) is 9.15. The van der Waals surface area contributed by atoms with Crippen molar-refractivity contribution in [3.05, 3.63) is 59.6 Å². The van der Waals surface area contributed by atoms with Crippen LogP contribution in [0.15, 0.2) is 47.1 Å². The van der Waals surface area contributed by atoms with Crippen molar-refractivity contribution in [2.75, 3.05) is 6.61 Å². The number of hydrogen-bond donors (Lipinski definition) is 2. The van der Waals surface area contributed by atoms with Crippen LogP contribution in [0.5, 0.6) is 5.75 Å². The normalized spacial score (nSPS) is 10.5. The average Bonchev–Trinajstić information content (AvgIpc) is 3.04. The molecule has 1 heterocycles. The minimum Gasteiger partial charge on any atom is -0.483 e. The number of furan rings is 1. The molecule has 2 N–H and O–H groups in total. The van der Waals surface area contributed by atoms with Gasteiger partial charge in [-0.3, -0.25) is 20.4 Å². The molecule has 2 aromatic rings. The molecule has 6 nitrogen and oxygen atoms in total. The molecule has 0 unspecified atom stereocenters. The highest BCUT2D eigenvalue weighted by Gasteiger charge is 2.07. The summed E-state index contributed by atoms with van der Waals surface area (Å²) < 4.78 is 10.5. The zero-order valence-corrected chi connectivity index (χ0v) is 13.0. The van der Waals surface area contributed by atoms with Crippen LogP contribution in [-0.2, 0) is 9.59 Å². The fraction of sp³-hybridized carbons (Fsp3) is 0.176. The number of para-hydroxylation sites is 1. The number of rotatable bonds is 5. The molecule has 120 valence electrons. The van der Waals surface area contributed by atoms with Crippen LogP contribution < -0.4 is 15.6 Å². The van der Waals surface area contributed by atoms with Gasteiger partial charge < -0.3 is 9.15 Å². The lowest BCUT2D eigenvalue weighted by Crippen LogP contribution is -2.43. The second-order valence-corrected chi connectivity index (χ2v) is 4.90. The fourth-order valence-corrected chi connectivity index (χ4v) is 1.92. The number of amides is 2. The zero-order valence-electron chi connectivity index (χ0n) is 13.0. The minimum absolute atomic E-state index is 0.187. The summed E-state index contributed by atoms with van der Waals surface area (Å²) in [5.74, 6) is 0.297. The second kappa shape index (κ2) is 7.84. The number of nitrogens with one attached hydrogen (secondary N) is 2. The summed E-state index contributed by atoms with van der Waals surface area (Å²) in [4.78, 5) is 23.2. The summed E-state index contributed by atoms with van der Waals surface area (Å²) in [7, 11) is 0. The highest BCUT2D eigenvalue weighted by Crippen LogP contribution is 2.21. The van der Waals surface area contributed by atoms with Crippen molar-refractivity contribution in [1.82, 2.24) is 10.9 Å². The van der Waals surface area contributed by atoms with Crippen LogP contribution in [0.2, 0.25) is 0 Å². The van der Waals surface area contributed by atoms with E-state index in [1.807, 2.05) is 32.0 Å². The van der Waals surface area contributed by atoms with Gasteiger partial charge in [-0.25, -0.2) is 0 Å². The lowest BCUT2D eigenvalue weighted by Gasteiger charge is -2.11. The quantitative estimate of drug-likeness (QED) is 0.654. The number of carbonyl (C=O) groups is 2. The standard InChI is InChI=1S/C17H18N2O4/c1-12-5-3-6-13(2)17(12)23-11-16(21)19-18-15(20)9-8-14-7-4-10-22-14/h3-10H,11H2,1-2H3,(H,18,20)(H,19,21)/b9-8+. The van der Waals surface area contributed by atoms with E-state index < -0.39 is 11.8 Å². The Bertz CT molecular complexity index is 685.